The molecule has 0 N–H and O–H groups in total. The second-order valence-electron chi connectivity index (χ2n) is 2.97. The summed E-state index contributed by atoms with van der Waals surface area (Å²) in [5.41, 5.74) is 1.24. The van der Waals surface area contributed by atoms with Gasteiger partial charge in [-0.15, -0.1) is 0 Å². The van der Waals surface area contributed by atoms with E-state index in [1.807, 2.05) is 0 Å². The lowest BCUT2D eigenvalue weighted by Crippen LogP contribution is -1.99. The van der Waals surface area contributed by atoms with Crippen LogP contribution in [0.15, 0.2) is 6.07 Å². The molecule has 0 saturated heterocycles. The molecule has 0 aromatic heterocycles. The number of hydrogen-bond donors (Lipinski definition) is 0. The first kappa shape index (κ1) is 9.17. The molecule has 0 aliphatic heterocycles. The van der Waals surface area contributed by atoms with Crippen LogP contribution < -0.4 is 0 Å². The first-order valence-electron chi connectivity index (χ1n) is 4.02. The van der Waals surface area contributed by atoms with Crippen molar-refractivity contribution in [2.45, 2.75) is 27.2 Å². The third-order valence-corrected chi connectivity index (χ3v) is 2.01. The van der Waals surface area contributed by atoms with Crippen LogP contribution in [0.5, 0.6) is 0 Å². The number of hydrogen-bond acceptors (Lipinski definition) is 0. The zero-order valence-electron chi connectivity index (χ0n) is 7.54. The van der Waals surface area contributed by atoms with Crippen LogP contribution in [-0.4, -0.2) is 0 Å². The summed E-state index contributed by atoms with van der Waals surface area (Å²) in [4.78, 5) is 0. The number of benzene rings is 1. The van der Waals surface area contributed by atoms with Crippen LogP contribution >= 0.6 is 0 Å². The van der Waals surface area contributed by atoms with Gasteiger partial charge >= 0.3 is 0 Å². The predicted molar refractivity (Wildman–Crippen MR) is 45.2 cm³/mol. The van der Waals surface area contributed by atoms with Crippen molar-refractivity contribution in [3.63, 3.8) is 0 Å². The third-order valence-electron chi connectivity index (χ3n) is 2.01. The lowest BCUT2D eigenvalue weighted by Gasteiger charge is -2.07. The molecule has 0 bridgehead atoms. The van der Waals surface area contributed by atoms with E-state index in [0.717, 1.165) is 0 Å². The molecule has 0 saturated carbocycles. The number of halogens is 2. The fraction of sp³-hybridized carbons (Fsp3) is 0.400. The summed E-state index contributed by atoms with van der Waals surface area (Å²) in [6.45, 7) is 5.06. The highest BCUT2D eigenvalue weighted by atomic mass is 19.1. The highest BCUT2D eigenvalue weighted by molar-refractivity contribution is 5.32. The van der Waals surface area contributed by atoms with Crippen LogP contribution in [0.1, 0.15) is 23.6 Å². The summed E-state index contributed by atoms with van der Waals surface area (Å²) >= 11 is 0. The van der Waals surface area contributed by atoms with Crippen LogP contribution in [-0.2, 0) is 6.42 Å². The van der Waals surface area contributed by atoms with Crippen molar-refractivity contribution in [3.8, 4) is 0 Å². The predicted octanol–water partition coefficient (Wildman–Crippen LogP) is 3.14. The molecule has 0 fully saturated rings. The normalized spacial score (nSPS) is 10.4. The highest BCUT2D eigenvalue weighted by Crippen LogP contribution is 2.20. The van der Waals surface area contributed by atoms with E-state index < -0.39 is 11.6 Å². The Labute approximate surface area is 71.2 Å². The molecule has 0 nitrogen and oxygen atoms in total. The molecule has 0 amide bonds. The van der Waals surface area contributed by atoms with Gasteiger partial charge < -0.3 is 0 Å². The maximum absolute atomic E-state index is 13.2. The Balaban J connectivity index is 3.42. The van der Waals surface area contributed by atoms with Gasteiger partial charge in [0.05, 0.1) is 0 Å². The molecular weight excluding hydrogens is 158 g/mol. The van der Waals surface area contributed by atoms with Gasteiger partial charge in [-0.2, -0.15) is 0 Å². The summed E-state index contributed by atoms with van der Waals surface area (Å²) in [5, 5.41) is 0. The SMILES string of the molecule is CCc1c(F)c(C)cc(C)c1F. The van der Waals surface area contributed by atoms with Crippen LogP contribution in [0, 0.1) is 25.5 Å². The Morgan fingerprint density at radius 2 is 1.50 bits per heavy atom. The van der Waals surface area contributed by atoms with Gasteiger partial charge in [0.15, 0.2) is 0 Å². The first-order valence-corrected chi connectivity index (χ1v) is 4.02. The van der Waals surface area contributed by atoms with Crippen LogP contribution in [0.3, 0.4) is 0 Å². The Morgan fingerprint density at radius 1 is 1.08 bits per heavy atom. The molecule has 2 heteroatoms. The second kappa shape index (κ2) is 3.21. The molecule has 0 atom stereocenters. The lowest BCUT2D eigenvalue weighted by atomic mass is 10.0. The number of rotatable bonds is 1. The molecule has 0 aliphatic carbocycles. The van der Waals surface area contributed by atoms with Crippen molar-refractivity contribution in [3.05, 3.63) is 34.4 Å². The molecule has 1 rings (SSSR count). The maximum Gasteiger partial charge on any atom is 0.132 e. The molecule has 0 aliphatic rings. The zero-order chi connectivity index (χ0) is 9.30. The van der Waals surface area contributed by atoms with Gasteiger partial charge in [0.25, 0.3) is 0 Å². The zero-order valence-corrected chi connectivity index (χ0v) is 7.54. The summed E-state index contributed by atoms with van der Waals surface area (Å²) in [5.74, 6) is -0.804. The summed E-state index contributed by atoms with van der Waals surface area (Å²) < 4.78 is 26.4. The molecule has 1 aromatic carbocycles. The number of aryl methyl sites for hydroxylation is 2. The minimum atomic E-state index is -0.402. The minimum absolute atomic E-state index is 0.201. The van der Waals surface area contributed by atoms with Gasteiger partial charge in [0.1, 0.15) is 11.6 Å². The molecule has 0 heterocycles. The van der Waals surface area contributed by atoms with E-state index in [-0.39, 0.29) is 5.56 Å². The van der Waals surface area contributed by atoms with Gasteiger partial charge in [0.2, 0.25) is 0 Å². The van der Waals surface area contributed by atoms with Crippen molar-refractivity contribution in [2.75, 3.05) is 0 Å². The van der Waals surface area contributed by atoms with Crippen LogP contribution in [0.4, 0.5) is 8.78 Å². The van der Waals surface area contributed by atoms with Crippen molar-refractivity contribution in [2.24, 2.45) is 0 Å². The highest BCUT2D eigenvalue weighted by Gasteiger charge is 2.11. The smallest absolute Gasteiger partial charge is 0.132 e. The first-order chi connectivity index (χ1) is 5.57. The van der Waals surface area contributed by atoms with E-state index in [9.17, 15) is 8.78 Å². The summed E-state index contributed by atoms with van der Waals surface area (Å²) in [7, 11) is 0. The van der Waals surface area contributed by atoms with E-state index in [0.29, 0.717) is 17.5 Å². The van der Waals surface area contributed by atoms with Crippen molar-refractivity contribution in [1.82, 2.24) is 0 Å². The van der Waals surface area contributed by atoms with Crippen LogP contribution in [0.25, 0.3) is 0 Å². The molecule has 0 radical (unpaired) electrons. The van der Waals surface area contributed by atoms with E-state index >= 15 is 0 Å². The monoisotopic (exact) mass is 170 g/mol. The molecule has 12 heavy (non-hydrogen) atoms. The van der Waals surface area contributed by atoms with Gasteiger partial charge in [-0.05, 0) is 31.4 Å². The largest absolute Gasteiger partial charge is 0.206 e. The van der Waals surface area contributed by atoms with Gasteiger partial charge in [0, 0.05) is 5.56 Å². The van der Waals surface area contributed by atoms with E-state index in [1.54, 1.807) is 20.8 Å². The topological polar surface area (TPSA) is 0 Å². The van der Waals surface area contributed by atoms with Crippen LogP contribution in [0.2, 0.25) is 0 Å². The average Bonchev–Trinajstić information content (AvgIpc) is 2.02. The fourth-order valence-electron chi connectivity index (χ4n) is 1.33. The summed E-state index contributed by atoms with van der Waals surface area (Å²) in [6, 6.07) is 1.53. The fourth-order valence-corrected chi connectivity index (χ4v) is 1.33. The third kappa shape index (κ3) is 1.33. The Kier molecular flexibility index (Phi) is 2.46. The van der Waals surface area contributed by atoms with Gasteiger partial charge in [-0.25, -0.2) is 8.78 Å². The average molecular weight is 170 g/mol. The van der Waals surface area contributed by atoms with Crippen molar-refractivity contribution < 1.29 is 8.78 Å². The van der Waals surface area contributed by atoms with E-state index in [4.69, 9.17) is 0 Å². The molecule has 1 aromatic rings. The second-order valence-corrected chi connectivity index (χ2v) is 2.97. The molecular formula is C10H12F2. The lowest BCUT2D eigenvalue weighted by molar-refractivity contribution is 0.548. The van der Waals surface area contributed by atoms with Gasteiger partial charge in [-0.1, -0.05) is 13.0 Å². The molecule has 66 valence electrons. The Bertz CT molecular complexity index is 277. The quantitative estimate of drug-likeness (QED) is 0.607. The maximum atomic E-state index is 13.2. The van der Waals surface area contributed by atoms with Crippen molar-refractivity contribution in [1.29, 1.82) is 0 Å². The van der Waals surface area contributed by atoms with E-state index in [1.165, 1.54) is 6.07 Å². The molecule has 0 spiro atoms. The Hall–Kier alpha value is -0.920. The van der Waals surface area contributed by atoms with Gasteiger partial charge in [-0.3, -0.25) is 0 Å². The minimum Gasteiger partial charge on any atom is -0.206 e. The Morgan fingerprint density at radius 3 is 1.83 bits per heavy atom. The standard InChI is InChI=1S/C10H12F2/c1-4-8-9(11)6(2)5-7(3)10(8)12/h5H,4H2,1-3H3. The van der Waals surface area contributed by atoms with E-state index in [2.05, 4.69) is 0 Å². The summed E-state index contributed by atoms with van der Waals surface area (Å²) in [6.07, 6.45) is 0.403. The molecule has 0 unspecified atom stereocenters. The van der Waals surface area contributed by atoms with Crippen molar-refractivity contribution >= 4 is 0 Å².